The van der Waals surface area contributed by atoms with Crippen molar-refractivity contribution in [2.24, 2.45) is 0 Å². The maximum Gasteiger partial charge on any atom is 0.254 e. The molecule has 0 unspecified atom stereocenters. The Morgan fingerprint density at radius 2 is 1.79 bits per heavy atom. The summed E-state index contributed by atoms with van der Waals surface area (Å²) in [7, 11) is -5.27. The summed E-state index contributed by atoms with van der Waals surface area (Å²) in [5, 5.41) is 0. The molecule has 1 aliphatic rings. The molecule has 0 aromatic heterocycles. The fraction of sp³-hybridized carbons (Fsp3) is 0.611. The van der Waals surface area contributed by atoms with Gasteiger partial charge in [0.05, 0.1) is 17.3 Å². The summed E-state index contributed by atoms with van der Waals surface area (Å²) < 4.78 is 54.8. The number of carbonyl (C=O) groups excluding carboxylic acids is 1. The first-order chi connectivity index (χ1) is 13.5. The Morgan fingerprint density at radius 3 is 2.38 bits per heavy atom. The fourth-order valence-electron chi connectivity index (χ4n) is 3.00. The maximum absolute atomic E-state index is 13.0. The van der Waals surface area contributed by atoms with Gasteiger partial charge in [-0.1, -0.05) is 6.07 Å². The van der Waals surface area contributed by atoms with Crippen molar-refractivity contribution in [1.82, 2.24) is 14.5 Å². The molecule has 0 radical (unpaired) electrons. The van der Waals surface area contributed by atoms with Crippen LogP contribution < -0.4 is 4.72 Å². The van der Waals surface area contributed by atoms with Gasteiger partial charge in [-0.25, -0.2) is 21.6 Å². The van der Waals surface area contributed by atoms with E-state index in [4.69, 9.17) is 4.74 Å². The second-order valence-electron chi connectivity index (χ2n) is 7.13. The molecule has 0 bridgehead atoms. The van der Waals surface area contributed by atoms with E-state index in [0.29, 0.717) is 43.9 Å². The lowest BCUT2D eigenvalue weighted by Crippen LogP contribution is -2.49. The molecule has 0 saturated carbocycles. The van der Waals surface area contributed by atoms with E-state index in [1.54, 1.807) is 17.9 Å². The van der Waals surface area contributed by atoms with Gasteiger partial charge in [-0.2, -0.15) is 0 Å². The summed E-state index contributed by atoms with van der Waals surface area (Å²) in [5.74, 6) is -0.130. The van der Waals surface area contributed by atoms with E-state index in [1.165, 1.54) is 25.5 Å². The van der Waals surface area contributed by atoms with Crippen LogP contribution in [0.15, 0.2) is 23.1 Å². The molecule has 9 nitrogen and oxygen atoms in total. The molecular formula is C18H29N3O6S2. The highest BCUT2D eigenvalue weighted by Gasteiger charge is 2.25. The lowest BCUT2D eigenvalue weighted by Gasteiger charge is -2.34. The zero-order valence-corrected chi connectivity index (χ0v) is 18.7. The second-order valence-corrected chi connectivity index (χ2v) is 11.2. The van der Waals surface area contributed by atoms with Gasteiger partial charge in [0.2, 0.25) is 10.0 Å². The van der Waals surface area contributed by atoms with Gasteiger partial charge in [0, 0.05) is 58.2 Å². The second kappa shape index (κ2) is 9.98. The van der Waals surface area contributed by atoms with Crippen LogP contribution in [0.5, 0.6) is 0 Å². The maximum atomic E-state index is 13.0. The molecule has 1 aromatic rings. The molecule has 11 heteroatoms. The van der Waals surface area contributed by atoms with E-state index in [2.05, 4.69) is 4.72 Å². The molecule has 1 amide bonds. The first-order valence-electron chi connectivity index (χ1n) is 9.32. The quantitative estimate of drug-likeness (QED) is 0.518. The van der Waals surface area contributed by atoms with Crippen LogP contribution >= 0.6 is 0 Å². The third-order valence-corrected chi connectivity index (χ3v) is 7.17. The van der Waals surface area contributed by atoms with Crippen LogP contribution in [0.3, 0.4) is 0 Å². The number of nitrogens with one attached hydrogen (secondary N) is 1. The molecule has 0 spiro atoms. The van der Waals surface area contributed by atoms with Crippen molar-refractivity contribution in [3.63, 3.8) is 0 Å². The Kier molecular flexibility index (Phi) is 8.18. The van der Waals surface area contributed by atoms with Gasteiger partial charge >= 0.3 is 0 Å². The number of carbonyl (C=O) groups is 1. The largest absolute Gasteiger partial charge is 0.383 e. The van der Waals surface area contributed by atoms with Crippen molar-refractivity contribution in [2.75, 3.05) is 65.0 Å². The van der Waals surface area contributed by atoms with Crippen LogP contribution in [-0.4, -0.2) is 97.5 Å². The molecule has 0 aliphatic carbocycles. The van der Waals surface area contributed by atoms with Gasteiger partial charge in [-0.15, -0.1) is 0 Å². The number of piperazine rings is 1. The third-order valence-electron chi connectivity index (χ3n) is 4.79. The lowest BCUT2D eigenvalue weighted by atomic mass is 10.1. The van der Waals surface area contributed by atoms with Gasteiger partial charge in [0.1, 0.15) is 9.84 Å². The lowest BCUT2D eigenvalue weighted by molar-refractivity contribution is 0.0643. The summed E-state index contributed by atoms with van der Waals surface area (Å²) in [5.41, 5.74) is 1.05. The zero-order valence-electron chi connectivity index (χ0n) is 17.0. The van der Waals surface area contributed by atoms with Gasteiger partial charge in [-0.3, -0.25) is 9.69 Å². The molecule has 1 saturated heterocycles. The van der Waals surface area contributed by atoms with E-state index >= 15 is 0 Å². The monoisotopic (exact) mass is 447 g/mol. The van der Waals surface area contributed by atoms with Crippen molar-refractivity contribution >= 4 is 25.8 Å². The Morgan fingerprint density at radius 1 is 1.14 bits per heavy atom. The van der Waals surface area contributed by atoms with E-state index in [9.17, 15) is 21.6 Å². The Labute approximate surface area is 173 Å². The number of rotatable bonds is 9. The van der Waals surface area contributed by atoms with Gasteiger partial charge in [0.15, 0.2) is 0 Å². The smallest absolute Gasteiger partial charge is 0.254 e. The first-order valence-corrected chi connectivity index (χ1v) is 12.9. The normalized spacial score (nSPS) is 16.2. The van der Waals surface area contributed by atoms with Crippen molar-refractivity contribution in [3.8, 4) is 0 Å². The number of hydrogen-bond donors (Lipinski definition) is 1. The Hall–Kier alpha value is -1.53. The standard InChI is InChI=1S/C18H29N3O6S2/c1-15-4-5-16(29(25,26)19-6-12-27-2)14-17(15)18(22)21-9-7-20(8-10-21)11-13-28(3,23)24/h4-5,14,19H,6-13H2,1-3H3. The zero-order chi connectivity index (χ0) is 21.7. The number of hydrogen-bond acceptors (Lipinski definition) is 7. The first kappa shape index (κ1) is 23.7. The van der Waals surface area contributed by atoms with Crippen LogP contribution in [0.4, 0.5) is 0 Å². The molecule has 0 atom stereocenters. The number of benzene rings is 1. The number of methoxy groups -OCH3 is 1. The van der Waals surface area contributed by atoms with Crippen LogP contribution in [0.1, 0.15) is 15.9 Å². The fourth-order valence-corrected chi connectivity index (χ4v) is 4.63. The number of nitrogens with zero attached hydrogens (tertiary/aromatic N) is 2. The molecule has 29 heavy (non-hydrogen) atoms. The summed E-state index contributed by atoms with van der Waals surface area (Å²) in [6.07, 6.45) is 1.21. The average molecular weight is 448 g/mol. The molecule has 1 fully saturated rings. The summed E-state index contributed by atoms with van der Waals surface area (Å²) in [6, 6.07) is 4.51. The van der Waals surface area contributed by atoms with E-state index in [0.717, 1.165) is 0 Å². The minimum absolute atomic E-state index is 0.0364. The molecule has 1 N–H and O–H groups in total. The van der Waals surface area contributed by atoms with E-state index in [-0.39, 0.29) is 29.7 Å². The number of sulfone groups is 1. The van der Waals surface area contributed by atoms with Crippen molar-refractivity contribution in [1.29, 1.82) is 0 Å². The number of aryl methyl sites for hydroxylation is 1. The third kappa shape index (κ3) is 7.03. The van der Waals surface area contributed by atoms with E-state index in [1.807, 2.05) is 4.90 Å². The topological polar surface area (TPSA) is 113 Å². The predicted molar refractivity (Wildman–Crippen MR) is 110 cm³/mol. The SMILES string of the molecule is COCCNS(=O)(=O)c1ccc(C)c(C(=O)N2CCN(CCS(C)(=O)=O)CC2)c1. The Balaban J connectivity index is 2.06. The minimum Gasteiger partial charge on any atom is -0.383 e. The average Bonchev–Trinajstić information content (AvgIpc) is 2.66. The molecule has 1 aliphatic heterocycles. The van der Waals surface area contributed by atoms with Crippen molar-refractivity contribution in [3.05, 3.63) is 29.3 Å². The predicted octanol–water partition coefficient (Wildman–Crippen LogP) is -0.278. The summed E-state index contributed by atoms with van der Waals surface area (Å²) in [4.78, 5) is 16.7. The van der Waals surface area contributed by atoms with Crippen LogP contribution in [0, 0.1) is 6.92 Å². The molecular weight excluding hydrogens is 418 g/mol. The van der Waals surface area contributed by atoms with Crippen LogP contribution in [0.2, 0.25) is 0 Å². The molecule has 2 rings (SSSR count). The van der Waals surface area contributed by atoms with Gasteiger partial charge < -0.3 is 9.64 Å². The number of sulfonamides is 1. The van der Waals surface area contributed by atoms with Crippen LogP contribution in [-0.2, 0) is 24.6 Å². The van der Waals surface area contributed by atoms with Crippen molar-refractivity contribution < 1.29 is 26.4 Å². The molecule has 164 valence electrons. The highest BCUT2D eigenvalue weighted by Crippen LogP contribution is 2.18. The summed E-state index contributed by atoms with van der Waals surface area (Å²) >= 11 is 0. The van der Waals surface area contributed by atoms with Crippen molar-refractivity contribution in [2.45, 2.75) is 11.8 Å². The number of amides is 1. The number of ether oxygens (including phenoxy) is 1. The van der Waals surface area contributed by atoms with Gasteiger partial charge in [-0.05, 0) is 24.6 Å². The van der Waals surface area contributed by atoms with E-state index < -0.39 is 19.9 Å². The van der Waals surface area contributed by atoms with Crippen LogP contribution in [0.25, 0.3) is 0 Å². The highest BCUT2D eigenvalue weighted by atomic mass is 32.2. The minimum atomic E-state index is -3.73. The molecule has 1 heterocycles. The molecule has 1 aromatic carbocycles. The Bertz CT molecular complexity index is 923. The highest BCUT2D eigenvalue weighted by molar-refractivity contribution is 7.90. The summed E-state index contributed by atoms with van der Waals surface area (Å²) in [6.45, 7) is 4.70. The van der Waals surface area contributed by atoms with Gasteiger partial charge in [0.25, 0.3) is 5.91 Å².